The molecule has 0 spiro atoms. The Morgan fingerprint density at radius 1 is 0.889 bits per heavy atom. The lowest BCUT2D eigenvalue weighted by molar-refractivity contribution is -0.118. The fourth-order valence-electron chi connectivity index (χ4n) is 7.83. The van der Waals surface area contributed by atoms with Crippen molar-refractivity contribution in [2.75, 3.05) is 55.9 Å². The Balaban J connectivity index is 0.872. The van der Waals surface area contributed by atoms with Crippen molar-refractivity contribution < 1.29 is 34.1 Å². The molecule has 14 nitrogen and oxygen atoms in total. The van der Waals surface area contributed by atoms with Crippen molar-refractivity contribution in [1.29, 1.82) is 0 Å². The Morgan fingerprint density at radius 3 is 2.43 bits per heavy atom. The van der Waals surface area contributed by atoms with Crippen LogP contribution in [0.25, 0.3) is 22.0 Å². The number of aromatic hydroxyl groups is 1. The molecular weight excluding hydrogens is 801 g/mol. The Hall–Kier alpha value is -7.00. The standard InChI is InChI=1S/C49H52N6O8/c1-31-26-34(29-50-30-43(57)38-16-18-42(56)47-39(38)17-19-45(58)53-47)44(62-3)28-41(31)51-48(60)33-12-9-13-35(27-33)54(2)46(59)22-25-55-23-20-36(21-24-55)63-49(61)52-40-15-8-7-14-37(40)32-10-5-4-6-11-32/h4-19,26-28,36,43,50,56-57H,20-25,29-30H2,1-3H3,(H,51,60)(H,52,61)(H,53,58)/t43-/m0/s1. The summed E-state index contributed by atoms with van der Waals surface area (Å²) in [7, 11) is 3.24. The van der Waals surface area contributed by atoms with Gasteiger partial charge in [0.25, 0.3) is 5.91 Å². The Kier molecular flexibility index (Phi) is 14.2. The first kappa shape index (κ1) is 44.1. The number of phenolic OH excluding ortho intramolecular Hbond substituents is 1. The number of nitrogens with one attached hydrogen (secondary N) is 4. The topological polar surface area (TPSA) is 186 Å². The number of anilines is 3. The number of H-pyrrole nitrogens is 1. The SMILES string of the molecule is COc1cc(NC(=O)c2cccc(N(C)C(=O)CCN3CCC(OC(=O)Nc4ccccc4-c4ccccc4)CC3)c2)c(C)cc1CNC[C@H](O)c1ccc(O)c2[nH]c(=O)ccc12. The number of para-hydroxylation sites is 1. The fraction of sp³-hybridized carbons (Fsp3) is 0.265. The Morgan fingerprint density at radius 2 is 1.65 bits per heavy atom. The predicted octanol–water partition coefficient (Wildman–Crippen LogP) is 7.36. The zero-order chi connectivity index (χ0) is 44.5. The average molecular weight is 853 g/mol. The van der Waals surface area contributed by atoms with E-state index in [9.17, 15) is 29.4 Å². The van der Waals surface area contributed by atoms with E-state index in [1.807, 2.05) is 67.6 Å². The zero-order valence-corrected chi connectivity index (χ0v) is 35.5. The summed E-state index contributed by atoms with van der Waals surface area (Å²) >= 11 is 0. The molecule has 63 heavy (non-hydrogen) atoms. The largest absolute Gasteiger partial charge is 0.506 e. The number of phenols is 1. The third kappa shape index (κ3) is 10.9. The second kappa shape index (κ2) is 20.2. The van der Waals surface area contributed by atoms with Crippen molar-refractivity contribution in [3.8, 4) is 22.6 Å². The van der Waals surface area contributed by atoms with Gasteiger partial charge in [0.15, 0.2) is 0 Å². The molecule has 1 aromatic heterocycles. The van der Waals surface area contributed by atoms with Gasteiger partial charge in [0.1, 0.15) is 17.6 Å². The number of hydrogen-bond acceptors (Lipinski definition) is 10. The molecule has 3 amide bonds. The number of nitrogens with zero attached hydrogens (tertiary/aromatic N) is 2. The van der Waals surface area contributed by atoms with Crippen LogP contribution in [0.5, 0.6) is 11.5 Å². The van der Waals surface area contributed by atoms with Crippen LogP contribution in [0, 0.1) is 6.92 Å². The number of aliphatic hydroxyl groups excluding tert-OH is 1. The minimum absolute atomic E-state index is 0.0802. The van der Waals surface area contributed by atoms with Crippen molar-refractivity contribution in [1.82, 2.24) is 15.2 Å². The molecular formula is C49H52N6O8. The van der Waals surface area contributed by atoms with Crippen molar-refractivity contribution in [2.24, 2.45) is 0 Å². The molecule has 6 N–H and O–H groups in total. The molecule has 0 bridgehead atoms. The predicted molar refractivity (Wildman–Crippen MR) is 244 cm³/mol. The van der Waals surface area contributed by atoms with E-state index in [1.54, 1.807) is 61.5 Å². The van der Waals surface area contributed by atoms with Gasteiger partial charge in [-0.15, -0.1) is 0 Å². The number of amides is 3. The second-order valence-electron chi connectivity index (χ2n) is 15.6. The third-order valence-corrected chi connectivity index (χ3v) is 11.4. The van der Waals surface area contributed by atoms with Crippen LogP contribution in [-0.4, -0.2) is 84.4 Å². The number of piperidine rings is 1. The number of rotatable bonds is 15. The number of carbonyl (C=O) groups is 3. The Bertz CT molecular complexity index is 2640. The van der Waals surface area contributed by atoms with Gasteiger partial charge in [-0.1, -0.05) is 60.7 Å². The summed E-state index contributed by atoms with van der Waals surface area (Å²) in [4.78, 5) is 57.9. The molecule has 6 aromatic rings. The van der Waals surface area contributed by atoms with Crippen molar-refractivity contribution in [3.63, 3.8) is 0 Å². The number of aryl methyl sites for hydroxylation is 1. The van der Waals surface area contributed by atoms with Gasteiger partial charge in [-0.3, -0.25) is 19.7 Å². The lowest BCUT2D eigenvalue weighted by Gasteiger charge is -2.31. The Labute approximate surface area is 365 Å². The number of fused-ring (bicyclic) bond motifs is 1. The summed E-state index contributed by atoms with van der Waals surface area (Å²) < 4.78 is 11.5. The van der Waals surface area contributed by atoms with Gasteiger partial charge < -0.3 is 45.1 Å². The van der Waals surface area contributed by atoms with Gasteiger partial charge in [0, 0.05) is 91.8 Å². The smallest absolute Gasteiger partial charge is 0.411 e. The van der Waals surface area contributed by atoms with E-state index in [0.29, 0.717) is 78.3 Å². The number of carbonyl (C=O) groups excluding carboxylic acids is 3. The van der Waals surface area contributed by atoms with Crippen LogP contribution in [0.15, 0.2) is 120 Å². The number of ether oxygens (including phenoxy) is 2. The van der Waals surface area contributed by atoms with Crippen molar-refractivity contribution in [3.05, 3.63) is 148 Å². The minimum Gasteiger partial charge on any atom is -0.506 e. The van der Waals surface area contributed by atoms with Crippen LogP contribution in [0.4, 0.5) is 21.9 Å². The molecule has 7 rings (SSSR count). The number of aromatic nitrogens is 1. The van der Waals surface area contributed by atoms with E-state index in [1.165, 1.54) is 12.1 Å². The van der Waals surface area contributed by atoms with E-state index < -0.39 is 12.2 Å². The maximum absolute atomic E-state index is 13.5. The van der Waals surface area contributed by atoms with E-state index in [0.717, 1.165) is 22.3 Å². The lowest BCUT2D eigenvalue weighted by Crippen LogP contribution is -2.40. The highest BCUT2D eigenvalue weighted by Gasteiger charge is 2.24. The number of methoxy groups -OCH3 is 1. The van der Waals surface area contributed by atoms with E-state index in [2.05, 4.69) is 25.8 Å². The van der Waals surface area contributed by atoms with Gasteiger partial charge in [-0.25, -0.2) is 4.79 Å². The van der Waals surface area contributed by atoms with Crippen molar-refractivity contribution in [2.45, 2.75) is 44.9 Å². The first-order chi connectivity index (χ1) is 30.5. The summed E-state index contributed by atoms with van der Waals surface area (Å²) in [6, 6.07) is 34.0. The number of pyridine rings is 1. The zero-order valence-electron chi connectivity index (χ0n) is 35.5. The minimum atomic E-state index is -0.934. The molecule has 0 saturated carbocycles. The van der Waals surface area contributed by atoms with E-state index in [4.69, 9.17) is 9.47 Å². The van der Waals surface area contributed by atoms with Crippen molar-refractivity contribution >= 4 is 45.9 Å². The van der Waals surface area contributed by atoms with Gasteiger partial charge in [0.05, 0.1) is 24.4 Å². The number of aliphatic hydroxyl groups is 1. The molecule has 1 atom stereocenters. The molecule has 1 aliphatic heterocycles. The highest BCUT2D eigenvalue weighted by molar-refractivity contribution is 6.06. The van der Waals surface area contributed by atoms with Crippen LogP contribution < -0.4 is 31.1 Å². The van der Waals surface area contributed by atoms with Crippen LogP contribution >= 0.6 is 0 Å². The molecule has 0 radical (unpaired) electrons. The maximum atomic E-state index is 13.5. The van der Waals surface area contributed by atoms with Gasteiger partial charge in [-0.2, -0.15) is 0 Å². The number of benzene rings is 5. The first-order valence-corrected chi connectivity index (χ1v) is 20.9. The summed E-state index contributed by atoms with van der Waals surface area (Å²) in [6.07, 6.45) is -0.0380. The third-order valence-electron chi connectivity index (χ3n) is 11.4. The average Bonchev–Trinajstić information content (AvgIpc) is 3.29. The number of likely N-dealkylation sites (tertiary alicyclic amines) is 1. The summed E-state index contributed by atoms with van der Waals surface area (Å²) in [6.45, 7) is 4.34. The molecule has 14 heteroatoms. The van der Waals surface area contributed by atoms with Gasteiger partial charge in [-0.05, 0) is 78.9 Å². The number of hydrogen-bond donors (Lipinski definition) is 6. The monoisotopic (exact) mass is 852 g/mol. The van der Waals surface area contributed by atoms with Gasteiger partial charge >= 0.3 is 6.09 Å². The fourth-order valence-corrected chi connectivity index (χ4v) is 7.83. The number of aromatic amines is 1. The molecule has 1 fully saturated rings. The quantitative estimate of drug-likeness (QED) is 0.0610. The van der Waals surface area contributed by atoms with E-state index >= 15 is 0 Å². The molecule has 326 valence electrons. The molecule has 1 aliphatic rings. The highest BCUT2D eigenvalue weighted by Crippen LogP contribution is 2.31. The summed E-state index contributed by atoms with van der Waals surface area (Å²) in [5.41, 5.74) is 6.20. The summed E-state index contributed by atoms with van der Waals surface area (Å²) in [5.74, 6) is 0.0157. The molecule has 0 unspecified atom stereocenters. The molecule has 2 heterocycles. The first-order valence-electron chi connectivity index (χ1n) is 20.9. The van der Waals surface area contributed by atoms with E-state index in [-0.39, 0.29) is 47.7 Å². The normalized spacial score (nSPS) is 13.6. The molecule has 5 aromatic carbocycles. The summed E-state index contributed by atoms with van der Waals surface area (Å²) in [5, 5.41) is 30.9. The lowest BCUT2D eigenvalue weighted by atomic mass is 10.0. The molecule has 0 aliphatic carbocycles. The molecule has 1 saturated heterocycles. The highest BCUT2D eigenvalue weighted by atomic mass is 16.6. The van der Waals surface area contributed by atoms with Crippen LogP contribution in [0.2, 0.25) is 0 Å². The van der Waals surface area contributed by atoms with Crippen LogP contribution in [0.3, 0.4) is 0 Å². The van der Waals surface area contributed by atoms with Crippen LogP contribution in [-0.2, 0) is 16.1 Å². The second-order valence-corrected chi connectivity index (χ2v) is 15.6. The van der Waals surface area contributed by atoms with Crippen LogP contribution in [0.1, 0.15) is 52.4 Å². The maximum Gasteiger partial charge on any atom is 0.411 e. The van der Waals surface area contributed by atoms with Gasteiger partial charge in [0.2, 0.25) is 11.5 Å².